The Balaban J connectivity index is 4.45. The van der Waals surface area contributed by atoms with Gasteiger partial charge in [0.2, 0.25) is 0 Å². The van der Waals surface area contributed by atoms with Gasteiger partial charge in [-0.1, -0.05) is 272 Å². The molecule has 68 heavy (non-hydrogen) atoms. The highest BCUT2D eigenvalue weighted by Crippen LogP contribution is 2.16. The minimum atomic E-state index is -0.799. The van der Waals surface area contributed by atoms with Crippen LogP contribution in [0.5, 0.6) is 0 Å². The molecule has 0 amide bonds. The van der Waals surface area contributed by atoms with Crippen LogP contribution in [-0.4, -0.2) is 37.2 Å². The normalized spacial score (nSPS) is 12.8. The molecule has 0 aromatic carbocycles. The molecule has 6 nitrogen and oxygen atoms in total. The van der Waals surface area contributed by atoms with E-state index in [4.69, 9.17) is 14.2 Å². The lowest BCUT2D eigenvalue weighted by atomic mass is 10.0. The van der Waals surface area contributed by atoms with Crippen LogP contribution >= 0.6 is 0 Å². The van der Waals surface area contributed by atoms with Gasteiger partial charge in [-0.05, 0) is 64.2 Å². The number of esters is 3. The van der Waals surface area contributed by atoms with Gasteiger partial charge < -0.3 is 14.2 Å². The fourth-order valence-electron chi connectivity index (χ4n) is 7.77. The number of allylic oxidation sites excluding steroid dienone is 16. The minimum Gasteiger partial charge on any atom is -0.462 e. The summed E-state index contributed by atoms with van der Waals surface area (Å²) in [6.07, 6.45) is 73.9. The van der Waals surface area contributed by atoms with Crippen molar-refractivity contribution in [1.29, 1.82) is 0 Å². The van der Waals surface area contributed by atoms with Crippen molar-refractivity contribution in [2.45, 2.75) is 264 Å². The maximum Gasteiger partial charge on any atom is 0.306 e. The molecule has 6 heteroatoms. The van der Waals surface area contributed by atoms with Crippen LogP contribution in [0.15, 0.2) is 97.2 Å². The fraction of sp³-hybridized carbons (Fsp3) is 0.694. The van der Waals surface area contributed by atoms with Crippen molar-refractivity contribution in [2.24, 2.45) is 0 Å². The van der Waals surface area contributed by atoms with Gasteiger partial charge in [-0.3, -0.25) is 14.4 Å². The van der Waals surface area contributed by atoms with E-state index >= 15 is 0 Å². The van der Waals surface area contributed by atoms with Gasteiger partial charge in [-0.15, -0.1) is 0 Å². The molecule has 0 aliphatic rings. The second-order valence-corrected chi connectivity index (χ2v) is 18.7. The van der Waals surface area contributed by atoms with E-state index in [2.05, 4.69) is 45.1 Å². The molecule has 0 saturated heterocycles. The number of carbonyl (C=O) groups excluding carboxylic acids is 3. The summed E-state index contributed by atoms with van der Waals surface area (Å²) in [7, 11) is 0. The van der Waals surface area contributed by atoms with E-state index in [0.717, 1.165) is 83.5 Å². The van der Waals surface area contributed by atoms with Gasteiger partial charge in [0.05, 0.1) is 0 Å². The van der Waals surface area contributed by atoms with E-state index in [9.17, 15) is 14.4 Å². The number of carbonyl (C=O) groups is 3. The molecule has 0 radical (unpaired) electrons. The Hall–Kier alpha value is -3.67. The number of rotatable bonds is 50. The molecular formula is C62H104O6. The van der Waals surface area contributed by atoms with Crippen molar-refractivity contribution >= 4 is 17.9 Å². The Labute approximate surface area is 419 Å². The maximum absolute atomic E-state index is 12.9. The lowest BCUT2D eigenvalue weighted by molar-refractivity contribution is -0.167. The van der Waals surface area contributed by atoms with Gasteiger partial charge in [0.15, 0.2) is 6.10 Å². The summed E-state index contributed by atoms with van der Waals surface area (Å²) < 4.78 is 16.8. The van der Waals surface area contributed by atoms with Gasteiger partial charge in [0.25, 0.3) is 0 Å². The SMILES string of the molecule is CC\C=C/C=C\C=C/C=C\C=C\C=C/C=C\CCCCCC(=O)OCC(COC(=O)CCCCCCC/C=C\CCCCC)OC(=O)CCCCCCCCCCCCCCCCCCCCC. The Morgan fingerprint density at radius 1 is 0.309 bits per heavy atom. The van der Waals surface area contributed by atoms with Gasteiger partial charge in [-0.25, -0.2) is 0 Å². The molecule has 0 rings (SSSR count). The molecule has 1 unspecified atom stereocenters. The highest BCUT2D eigenvalue weighted by atomic mass is 16.6. The van der Waals surface area contributed by atoms with E-state index < -0.39 is 6.10 Å². The largest absolute Gasteiger partial charge is 0.462 e. The molecule has 1 atom stereocenters. The molecule has 0 spiro atoms. The average Bonchev–Trinajstić information content (AvgIpc) is 3.34. The molecule has 0 aromatic rings. The molecular weight excluding hydrogens is 841 g/mol. The molecule has 388 valence electrons. The molecule has 0 aromatic heterocycles. The molecule has 0 fully saturated rings. The first-order valence-electron chi connectivity index (χ1n) is 28.3. The topological polar surface area (TPSA) is 78.9 Å². The van der Waals surface area contributed by atoms with Crippen molar-refractivity contribution in [3.8, 4) is 0 Å². The minimum absolute atomic E-state index is 0.0957. The number of ether oxygens (including phenoxy) is 3. The Morgan fingerprint density at radius 3 is 0.985 bits per heavy atom. The monoisotopic (exact) mass is 945 g/mol. The van der Waals surface area contributed by atoms with Gasteiger partial charge in [0, 0.05) is 19.3 Å². The maximum atomic E-state index is 12.9. The highest BCUT2D eigenvalue weighted by molar-refractivity contribution is 5.71. The molecule has 0 heterocycles. The van der Waals surface area contributed by atoms with Crippen molar-refractivity contribution in [1.82, 2.24) is 0 Å². The van der Waals surface area contributed by atoms with Crippen LogP contribution in [0.3, 0.4) is 0 Å². The highest BCUT2D eigenvalue weighted by Gasteiger charge is 2.19. The lowest BCUT2D eigenvalue weighted by Crippen LogP contribution is -2.30. The summed E-state index contributed by atoms with van der Waals surface area (Å²) >= 11 is 0. The number of unbranched alkanes of at least 4 members (excludes halogenated alkanes) is 29. The van der Waals surface area contributed by atoms with Crippen molar-refractivity contribution in [2.75, 3.05) is 13.2 Å². The molecule has 0 aliphatic heterocycles. The van der Waals surface area contributed by atoms with Crippen LogP contribution in [0.4, 0.5) is 0 Å². The van der Waals surface area contributed by atoms with Gasteiger partial charge in [0.1, 0.15) is 13.2 Å². The summed E-state index contributed by atoms with van der Waals surface area (Å²) in [6, 6.07) is 0. The van der Waals surface area contributed by atoms with E-state index in [-0.39, 0.29) is 31.1 Å². The summed E-state index contributed by atoms with van der Waals surface area (Å²) in [5.74, 6) is -0.945. The quantitative estimate of drug-likeness (QED) is 0.0199. The summed E-state index contributed by atoms with van der Waals surface area (Å²) in [5.41, 5.74) is 0. The smallest absolute Gasteiger partial charge is 0.306 e. The number of hydrogen-bond donors (Lipinski definition) is 0. The Bertz CT molecular complexity index is 1360. The Morgan fingerprint density at radius 2 is 0.588 bits per heavy atom. The zero-order chi connectivity index (χ0) is 49.3. The van der Waals surface area contributed by atoms with Crippen molar-refractivity contribution in [3.05, 3.63) is 97.2 Å². The average molecular weight is 946 g/mol. The molecule has 0 saturated carbocycles. The first-order chi connectivity index (χ1) is 33.5. The van der Waals surface area contributed by atoms with E-state index in [1.807, 2.05) is 72.9 Å². The lowest BCUT2D eigenvalue weighted by Gasteiger charge is -2.18. The van der Waals surface area contributed by atoms with Crippen molar-refractivity contribution < 1.29 is 28.6 Å². The second kappa shape index (κ2) is 55.9. The van der Waals surface area contributed by atoms with Crippen LogP contribution in [0.2, 0.25) is 0 Å². The third-order valence-corrected chi connectivity index (χ3v) is 12.0. The molecule has 0 bridgehead atoms. The predicted octanol–water partition coefficient (Wildman–Crippen LogP) is 18.9. The third kappa shape index (κ3) is 53.3. The zero-order valence-corrected chi connectivity index (χ0v) is 44.3. The zero-order valence-electron chi connectivity index (χ0n) is 44.3. The van der Waals surface area contributed by atoms with Crippen LogP contribution in [0.25, 0.3) is 0 Å². The Kier molecular flexibility index (Phi) is 52.9. The predicted molar refractivity (Wildman–Crippen MR) is 293 cm³/mol. The first-order valence-corrected chi connectivity index (χ1v) is 28.3. The number of hydrogen-bond acceptors (Lipinski definition) is 6. The third-order valence-electron chi connectivity index (χ3n) is 12.0. The van der Waals surface area contributed by atoms with E-state index in [0.29, 0.717) is 19.3 Å². The molecule has 0 aliphatic carbocycles. The van der Waals surface area contributed by atoms with Crippen LogP contribution in [0.1, 0.15) is 258 Å². The first kappa shape index (κ1) is 64.3. The molecule has 0 N–H and O–H groups in total. The van der Waals surface area contributed by atoms with E-state index in [1.165, 1.54) is 135 Å². The van der Waals surface area contributed by atoms with Crippen LogP contribution < -0.4 is 0 Å². The summed E-state index contributed by atoms with van der Waals surface area (Å²) in [4.78, 5) is 38.1. The van der Waals surface area contributed by atoms with Crippen LogP contribution in [-0.2, 0) is 28.6 Å². The van der Waals surface area contributed by atoms with Gasteiger partial charge >= 0.3 is 17.9 Å². The van der Waals surface area contributed by atoms with Crippen LogP contribution in [0, 0.1) is 0 Å². The van der Waals surface area contributed by atoms with Crippen molar-refractivity contribution in [3.63, 3.8) is 0 Å². The summed E-state index contributed by atoms with van der Waals surface area (Å²) in [6.45, 7) is 6.44. The standard InChI is InChI=1S/C62H104O6/c1-4-7-10-13-16-19-22-25-27-29-31-33-35-37-40-43-46-49-52-55-61(64)67-58-59(57-66-60(63)54-51-48-45-42-39-24-21-18-15-12-9-6-3)68-62(65)56-53-50-47-44-41-38-36-34-32-30-28-26-23-20-17-14-11-8-5-2/h7,10,13,16,18-19,21-22,25,27,29,31,33,35,37,40,59H,4-6,8-9,11-12,14-15,17,20,23-24,26,28,30,32,34,36,38-39,41-58H2,1-3H3/b10-7-,16-13-,21-18-,22-19-,27-25-,31-29+,35-33-,40-37-. The summed E-state index contributed by atoms with van der Waals surface area (Å²) in [5, 5.41) is 0. The van der Waals surface area contributed by atoms with Gasteiger partial charge in [-0.2, -0.15) is 0 Å². The second-order valence-electron chi connectivity index (χ2n) is 18.7. The fourth-order valence-corrected chi connectivity index (χ4v) is 7.77. The van der Waals surface area contributed by atoms with E-state index in [1.54, 1.807) is 0 Å².